The van der Waals surface area contributed by atoms with Gasteiger partial charge in [0.15, 0.2) is 0 Å². The second-order valence-corrected chi connectivity index (χ2v) is 3.67. The molecule has 0 saturated carbocycles. The maximum atomic E-state index is 11.0. The Morgan fingerprint density at radius 2 is 2.06 bits per heavy atom. The van der Waals surface area contributed by atoms with Gasteiger partial charge < -0.3 is 10.5 Å². The normalized spacial score (nSPS) is 11.9. The van der Waals surface area contributed by atoms with Crippen molar-refractivity contribution in [3.63, 3.8) is 0 Å². The SMILES string of the molecule is COC(=O)C[C@H](N)Cc1ccc([N+](=O)[O-])cc1. The highest BCUT2D eigenvalue weighted by atomic mass is 16.6. The number of methoxy groups -OCH3 is 1. The van der Waals surface area contributed by atoms with Crippen LogP contribution in [0.4, 0.5) is 5.69 Å². The minimum atomic E-state index is -0.460. The second-order valence-electron chi connectivity index (χ2n) is 3.67. The lowest BCUT2D eigenvalue weighted by Crippen LogP contribution is -2.26. The largest absolute Gasteiger partial charge is 0.469 e. The number of nitrogens with zero attached hydrogens (tertiary/aromatic N) is 1. The molecule has 0 fully saturated rings. The fourth-order valence-corrected chi connectivity index (χ4v) is 1.43. The molecule has 92 valence electrons. The standard InChI is InChI=1S/C11H14N2O4/c1-17-11(14)7-9(12)6-8-2-4-10(5-3-8)13(15)16/h2-5,9H,6-7,12H2,1H3/t9-/m1/s1. The molecule has 0 aliphatic rings. The van der Waals surface area contributed by atoms with E-state index in [9.17, 15) is 14.9 Å². The molecule has 0 amide bonds. The van der Waals surface area contributed by atoms with Crippen molar-refractivity contribution >= 4 is 11.7 Å². The zero-order valence-electron chi connectivity index (χ0n) is 9.46. The average molecular weight is 238 g/mol. The Hall–Kier alpha value is -1.95. The fourth-order valence-electron chi connectivity index (χ4n) is 1.43. The summed E-state index contributed by atoms with van der Waals surface area (Å²) in [5.41, 5.74) is 6.64. The van der Waals surface area contributed by atoms with Crippen LogP contribution in [-0.2, 0) is 16.0 Å². The highest BCUT2D eigenvalue weighted by Gasteiger charge is 2.11. The third-order valence-corrected chi connectivity index (χ3v) is 2.30. The molecule has 2 N–H and O–H groups in total. The van der Waals surface area contributed by atoms with Gasteiger partial charge in [0.25, 0.3) is 5.69 Å². The van der Waals surface area contributed by atoms with E-state index in [1.54, 1.807) is 12.1 Å². The maximum Gasteiger partial charge on any atom is 0.307 e. The molecule has 0 bridgehead atoms. The lowest BCUT2D eigenvalue weighted by Gasteiger charge is -2.09. The lowest BCUT2D eigenvalue weighted by molar-refractivity contribution is -0.384. The van der Waals surface area contributed by atoms with Crippen LogP contribution in [0.3, 0.4) is 0 Å². The second kappa shape index (κ2) is 5.95. The van der Waals surface area contributed by atoms with Crippen LogP contribution in [0.25, 0.3) is 0 Å². The number of nitro groups is 1. The van der Waals surface area contributed by atoms with E-state index in [-0.39, 0.29) is 24.1 Å². The number of hydrogen-bond donors (Lipinski definition) is 1. The molecule has 1 aromatic carbocycles. The average Bonchev–Trinajstić information content (AvgIpc) is 2.29. The number of nitrogens with two attached hydrogens (primary N) is 1. The molecule has 0 aliphatic heterocycles. The molecule has 17 heavy (non-hydrogen) atoms. The molecule has 0 saturated heterocycles. The number of carbonyl (C=O) groups excluding carboxylic acids is 1. The number of non-ortho nitro benzene ring substituents is 1. The molecule has 6 heteroatoms. The molecule has 1 atom stereocenters. The van der Waals surface area contributed by atoms with Gasteiger partial charge in [-0.25, -0.2) is 0 Å². The molecule has 1 rings (SSSR count). The van der Waals surface area contributed by atoms with Gasteiger partial charge in [-0.3, -0.25) is 14.9 Å². The van der Waals surface area contributed by atoms with E-state index in [4.69, 9.17) is 5.73 Å². The Labute approximate surface area is 98.5 Å². The number of ether oxygens (including phenoxy) is 1. The van der Waals surface area contributed by atoms with Gasteiger partial charge in [-0.1, -0.05) is 12.1 Å². The minimum absolute atomic E-state index is 0.0373. The van der Waals surface area contributed by atoms with Crippen LogP contribution in [-0.4, -0.2) is 24.0 Å². The molecular formula is C11H14N2O4. The lowest BCUT2D eigenvalue weighted by atomic mass is 10.0. The van der Waals surface area contributed by atoms with Gasteiger partial charge in [0, 0.05) is 18.2 Å². The van der Waals surface area contributed by atoms with E-state index >= 15 is 0 Å². The Kier molecular flexibility index (Phi) is 4.59. The van der Waals surface area contributed by atoms with Crippen molar-refractivity contribution < 1.29 is 14.5 Å². The van der Waals surface area contributed by atoms with Gasteiger partial charge >= 0.3 is 5.97 Å². The van der Waals surface area contributed by atoms with Crippen LogP contribution in [0, 0.1) is 10.1 Å². The smallest absolute Gasteiger partial charge is 0.307 e. The maximum absolute atomic E-state index is 11.0. The summed E-state index contributed by atoms with van der Waals surface area (Å²) >= 11 is 0. The molecule has 0 heterocycles. The predicted molar refractivity (Wildman–Crippen MR) is 61.4 cm³/mol. The zero-order valence-corrected chi connectivity index (χ0v) is 9.46. The number of hydrogen-bond acceptors (Lipinski definition) is 5. The first-order valence-corrected chi connectivity index (χ1v) is 5.08. The Morgan fingerprint density at radius 1 is 1.47 bits per heavy atom. The molecule has 6 nitrogen and oxygen atoms in total. The number of rotatable bonds is 5. The molecule has 0 spiro atoms. The quantitative estimate of drug-likeness (QED) is 0.469. The van der Waals surface area contributed by atoms with E-state index in [1.165, 1.54) is 19.2 Å². The van der Waals surface area contributed by atoms with Crippen LogP contribution in [0.2, 0.25) is 0 Å². The zero-order chi connectivity index (χ0) is 12.8. The van der Waals surface area contributed by atoms with Crippen molar-refractivity contribution in [3.05, 3.63) is 39.9 Å². The summed E-state index contributed by atoms with van der Waals surface area (Å²) in [4.78, 5) is 20.9. The van der Waals surface area contributed by atoms with E-state index in [1.807, 2.05) is 0 Å². The van der Waals surface area contributed by atoms with Crippen LogP contribution in [0.15, 0.2) is 24.3 Å². The highest BCUT2D eigenvalue weighted by molar-refractivity contribution is 5.69. The van der Waals surface area contributed by atoms with Crippen molar-refractivity contribution in [2.24, 2.45) is 5.73 Å². The summed E-state index contributed by atoms with van der Waals surface area (Å²) < 4.78 is 4.50. The first-order valence-electron chi connectivity index (χ1n) is 5.08. The summed E-state index contributed by atoms with van der Waals surface area (Å²) in [6.45, 7) is 0. The highest BCUT2D eigenvalue weighted by Crippen LogP contribution is 2.13. The summed E-state index contributed by atoms with van der Waals surface area (Å²) in [7, 11) is 1.31. The van der Waals surface area contributed by atoms with Crippen molar-refractivity contribution in [1.29, 1.82) is 0 Å². The number of esters is 1. The summed E-state index contributed by atoms with van der Waals surface area (Å²) in [5, 5.41) is 10.4. The summed E-state index contributed by atoms with van der Waals surface area (Å²) in [6, 6.07) is 5.76. The van der Waals surface area contributed by atoms with Crippen LogP contribution >= 0.6 is 0 Å². The number of benzene rings is 1. The first-order chi connectivity index (χ1) is 8.02. The topological polar surface area (TPSA) is 95.5 Å². The van der Waals surface area contributed by atoms with Crippen molar-refractivity contribution in [2.75, 3.05) is 7.11 Å². The molecule has 0 aromatic heterocycles. The van der Waals surface area contributed by atoms with Gasteiger partial charge in [0.2, 0.25) is 0 Å². The number of nitro benzene ring substituents is 1. The Morgan fingerprint density at radius 3 is 2.53 bits per heavy atom. The third kappa shape index (κ3) is 4.20. The first kappa shape index (κ1) is 13.1. The van der Waals surface area contributed by atoms with Crippen molar-refractivity contribution in [1.82, 2.24) is 0 Å². The third-order valence-electron chi connectivity index (χ3n) is 2.30. The monoisotopic (exact) mass is 238 g/mol. The van der Waals surface area contributed by atoms with Gasteiger partial charge in [0.05, 0.1) is 18.5 Å². The van der Waals surface area contributed by atoms with E-state index < -0.39 is 4.92 Å². The molecule has 1 aromatic rings. The predicted octanol–water partition coefficient (Wildman–Crippen LogP) is 1.03. The van der Waals surface area contributed by atoms with Gasteiger partial charge in [-0.15, -0.1) is 0 Å². The minimum Gasteiger partial charge on any atom is -0.469 e. The number of carbonyl (C=O) groups is 1. The molecule has 0 radical (unpaired) electrons. The molecule has 0 unspecified atom stereocenters. The summed E-state index contributed by atoms with van der Waals surface area (Å²) in [6.07, 6.45) is 0.612. The van der Waals surface area contributed by atoms with Crippen LogP contribution in [0.5, 0.6) is 0 Å². The van der Waals surface area contributed by atoms with Crippen LogP contribution < -0.4 is 5.73 Å². The van der Waals surface area contributed by atoms with Gasteiger partial charge in [-0.2, -0.15) is 0 Å². The van der Waals surface area contributed by atoms with E-state index in [2.05, 4.69) is 4.74 Å². The van der Waals surface area contributed by atoms with Gasteiger partial charge in [0.1, 0.15) is 0 Å². The molecular weight excluding hydrogens is 224 g/mol. The summed E-state index contributed by atoms with van der Waals surface area (Å²) in [5.74, 6) is -0.362. The van der Waals surface area contributed by atoms with Crippen molar-refractivity contribution in [2.45, 2.75) is 18.9 Å². The molecule has 0 aliphatic carbocycles. The fraction of sp³-hybridized carbons (Fsp3) is 0.364. The van der Waals surface area contributed by atoms with Crippen molar-refractivity contribution in [3.8, 4) is 0 Å². The van der Waals surface area contributed by atoms with E-state index in [0.29, 0.717) is 6.42 Å². The van der Waals surface area contributed by atoms with Crippen LogP contribution in [0.1, 0.15) is 12.0 Å². The van der Waals surface area contributed by atoms with Gasteiger partial charge in [-0.05, 0) is 12.0 Å². The Balaban J connectivity index is 2.57. The van der Waals surface area contributed by atoms with E-state index in [0.717, 1.165) is 5.56 Å². The Bertz CT molecular complexity index is 402.